The summed E-state index contributed by atoms with van der Waals surface area (Å²) in [6.07, 6.45) is 3.72. The van der Waals surface area contributed by atoms with Gasteiger partial charge in [0, 0.05) is 31.9 Å². The number of amides is 3. The van der Waals surface area contributed by atoms with E-state index in [1.165, 1.54) is 4.90 Å². The van der Waals surface area contributed by atoms with E-state index in [4.69, 9.17) is 0 Å². The molecule has 6 atom stereocenters. The van der Waals surface area contributed by atoms with Crippen molar-refractivity contribution in [3.63, 3.8) is 0 Å². The minimum atomic E-state index is -0.134. The first-order chi connectivity index (χ1) is 13.9. The van der Waals surface area contributed by atoms with Crippen LogP contribution in [-0.4, -0.2) is 38.8 Å². The van der Waals surface area contributed by atoms with E-state index in [0.717, 1.165) is 34.9 Å². The van der Waals surface area contributed by atoms with Crippen LogP contribution in [0.15, 0.2) is 24.3 Å². The van der Waals surface area contributed by atoms with Crippen molar-refractivity contribution in [1.29, 1.82) is 0 Å². The van der Waals surface area contributed by atoms with Crippen molar-refractivity contribution >= 4 is 77.9 Å². The first-order valence-electron chi connectivity index (χ1n) is 10.1. The maximum absolute atomic E-state index is 12.8. The first kappa shape index (κ1) is 21.7. The maximum Gasteiger partial charge on any atom is 0.233 e. The fraction of sp³-hybridized carbons (Fsp3) is 0.571. The number of imide groups is 1. The molecule has 0 aromatic heterocycles. The van der Waals surface area contributed by atoms with Gasteiger partial charge in [-0.05, 0) is 78.0 Å². The van der Waals surface area contributed by atoms with E-state index in [1.807, 2.05) is 24.3 Å². The fourth-order valence-corrected chi connectivity index (χ4v) is 7.35. The summed E-state index contributed by atoms with van der Waals surface area (Å²) < 4.78 is 1.13. The summed E-state index contributed by atoms with van der Waals surface area (Å²) in [7, 11) is 0. The van der Waals surface area contributed by atoms with E-state index in [1.54, 1.807) is 0 Å². The highest BCUT2D eigenvalue weighted by molar-refractivity contribution is 14.1. The Labute approximate surface area is 201 Å². The van der Waals surface area contributed by atoms with Crippen LogP contribution in [0, 0.1) is 27.2 Å². The molecule has 1 saturated heterocycles. The molecular weight excluding hydrogens is 615 g/mol. The lowest BCUT2D eigenvalue weighted by atomic mass is 9.81. The second-order valence-electron chi connectivity index (χ2n) is 8.20. The van der Waals surface area contributed by atoms with Gasteiger partial charge in [-0.3, -0.25) is 19.3 Å². The molecule has 2 saturated carbocycles. The largest absolute Gasteiger partial charge is 0.326 e. The summed E-state index contributed by atoms with van der Waals surface area (Å²) in [6, 6.07) is 7.70. The number of hydrogen-bond acceptors (Lipinski definition) is 3. The molecule has 0 radical (unpaired) electrons. The normalized spacial score (nSPS) is 32.7. The number of fused-ring (bicyclic) bond motifs is 5. The first-order valence-corrected chi connectivity index (χ1v) is 13.0. The Morgan fingerprint density at radius 3 is 2.17 bits per heavy atom. The van der Waals surface area contributed by atoms with E-state index in [2.05, 4.69) is 59.8 Å². The highest BCUT2D eigenvalue weighted by atomic mass is 127. The molecule has 1 aromatic carbocycles. The van der Waals surface area contributed by atoms with Gasteiger partial charge >= 0.3 is 0 Å². The highest BCUT2D eigenvalue weighted by Gasteiger charge is 2.66. The number of alkyl halides is 2. The van der Waals surface area contributed by atoms with Gasteiger partial charge in [-0.25, -0.2) is 0 Å². The molecule has 3 amide bonds. The molecule has 2 bridgehead atoms. The van der Waals surface area contributed by atoms with E-state index in [0.29, 0.717) is 13.0 Å². The average molecular weight is 638 g/mol. The average Bonchev–Trinajstić information content (AvgIpc) is 3.29. The van der Waals surface area contributed by atoms with Crippen molar-refractivity contribution in [2.45, 2.75) is 41.8 Å². The van der Waals surface area contributed by atoms with Crippen LogP contribution < -0.4 is 5.32 Å². The third-order valence-corrected chi connectivity index (χ3v) is 10.4. The Morgan fingerprint density at radius 2 is 1.59 bits per heavy atom. The van der Waals surface area contributed by atoms with Crippen molar-refractivity contribution in [2.24, 2.45) is 23.7 Å². The second kappa shape index (κ2) is 8.94. The van der Waals surface area contributed by atoms with Crippen molar-refractivity contribution < 1.29 is 14.4 Å². The zero-order valence-electron chi connectivity index (χ0n) is 15.8. The quantitative estimate of drug-likeness (QED) is 0.206. The summed E-state index contributed by atoms with van der Waals surface area (Å²) in [5, 5.41) is 2.90. The second-order valence-corrected chi connectivity index (χ2v) is 11.6. The topological polar surface area (TPSA) is 66.5 Å². The van der Waals surface area contributed by atoms with Gasteiger partial charge in [-0.1, -0.05) is 38.3 Å². The molecular formula is C21H23Br2IN2O3. The number of carbonyl (C=O) groups excluding carboxylic acids is 3. The van der Waals surface area contributed by atoms with Crippen LogP contribution in [0.2, 0.25) is 0 Å². The van der Waals surface area contributed by atoms with Gasteiger partial charge in [0.2, 0.25) is 17.7 Å². The molecule has 0 unspecified atom stereocenters. The van der Waals surface area contributed by atoms with E-state index < -0.39 is 0 Å². The number of hydrogen-bond donors (Lipinski definition) is 1. The monoisotopic (exact) mass is 636 g/mol. The van der Waals surface area contributed by atoms with Crippen LogP contribution in [0.3, 0.4) is 0 Å². The van der Waals surface area contributed by atoms with Gasteiger partial charge in [0.1, 0.15) is 0 Å². The van der Waals surface area contributed by atoms with Crippen LogP contribution in [0.4, 0.5) is 5.69 Å². The number of nitrogens with one attached hydrogen (secondary N) is 1. The van der Waals surface area contributed by atoms with E-state index >= 15 is 0 Å². The van der Waals surface area contributed by atoms with Crippen molar-refractivity contribution in [1.82, 2.24) is 4.90 Å². The Balaban J connectivity index is 1.20. The molecule has 1 N–H and O–H groups in total. The van der Waals surface area contributed by atoms with Crippen LogP contribution >= 0.6 is 54.5 Å². The van der Waals surface area contributed by atoms with E-state index in [-0.39, 0.29) is 51.0 Å². The van der Waals surface area contributed by atoms with Crippen molar-refractivity contribution in [3.05, 3.63) is 27.8 Å². The number of unbranched alkanes of at least 4 members (excludes halogenated alkanes) is 2. The molecule has 1 aromatic rings. The van der Waals surface area contributed by atoms with Gasteiger partial charge in [0.25, 0.3) is 0 Å². The molecule has 5 nitrogen and oxygen atoms in total. The molecule has 156 valence electrons. The number of carbonyl (C=O) groups is 3. The van der Waals surface area contributed by atoms with Crippen molar-refractivity contribution in [2.75, 3.05) is 11.9 Å². The third kappa shape index (κ3) is 4.18. The Kier molecular flexibility index (Phi) is 6.70. The molecule has 3 aliphatic rings. The summed E-state index contributed by atoms with van der Waals surface area (Å²) in [5.41, 5.74) is 0.806. The summed E-state index contributed by atoms with van der Waals surface area (Å²) >= 11 is 9.65. The zero-order chi connectivity index (χ0) is 20.7. The van der Waals surface area contributed by atoms with Gasteiger partial charge in [-0.15, -0.1) is 0 Å². The minimum absolute atomic E-state index is 0.00244. The lowest BCUT2D eigenvalue weighted by Gasteiger charge is -2.28. The molecule has 0 spiro atoms. The van der Waals surface area contributed by atoms with Gasteiger partial charge in [0.05, 0.1) is 11.8 Å². The van der Waals surface area contributed by atoms with Gasteiger partial charge in [-0.2, -0.15) is 0 Å². The maximum atomic E-state index is 12.8. The Bertz CT molecular complexity index is 787. The molecule has 29 heavy (non-hydrogen) atoms. The third-order valence-electron chi connectivity index (χ3n) is 6.49. The molecule has 3 fully saturated rings. The van der Waals surface area contributed by atoms with Gasteiger partial charge < -0.3 is 5.32 Å². The smallest absolute Gasteiger partial charge is 0.233 e. The number of anilines is 1. The van der Waals surface area contributed by atoms with Crippen LogP contribution in [0.25, 0.3) is 0 Å². The number of nitrogens with zero attached hydrogens (tertiary/aromatic N) is 1. The SMILES string of the molecule is O=C(CCCCCN1C(=O)[C@@H]2[C@H]3C[C@H]([C@H](Br)[C@@H]3Br)[C@@H]2C1=O)Nc1ccc(I)cc1. The molecule has 8 heteroatoms. The summed E-state index contributed by atoms with van der Waals surface area (Å²) in [5.74, 6) is 0.301. The van der Waals surface area contributed by atoms with Crippen LogP contribution in [-0.2, 0) is 14.4 Å². The predicted octanol–water partition coefficient (Wildman–Crippen LogP) is 4.57. The molecule has 1 heterocycles. The zero-order valence-corrected chi connectivity index (χ0v) is 21.2. The number of rotatable bonds is 7. The standard InChI is InChI=1S/C21H23Br2IN2O3/c22-18-13-10-14(19(18)23)17-16(13)20(28)26(21(17)29)9-3-1-2-4-15(27)25-12-7-5-11(24)6-8-12/h5-8,13-14,16-19H,1-4,9-10H2,(H,25,27)/t13-,14+,16-,17+,18-,19+. The predicted molar refractivity (Wildman–Crippen MR) is 127 cm³/mol. The molecule has 2 aliphatic carbocycles. The Morgan fingerprint density at radius 1 is 1.00 bits per heavy atom. The number of likely N-dealkylation sites (tertiary alicyclic amines) is 1. The van der Waals surface area contributed by atoms with E-state index in [9.17, 15) is 14.4 Å². The molecule has 4 rings (SSSR count). The van der Waals surface area contributed by atoms with Crippen LogP contribution in [0.5, 0.6) is 0 Å². The Hall–Kier alpha value is -0.480. The van der Waals surface area contributed by atoms with Crippen molar-refractivity contribution in [3.8, 4) is 0 Å². The summed E-state index contributed by atoms with van der Waals surface area (Å²) in [6.45, 7) is 0.475. The minimum Gasteiger partial charge on any atom is -0.326 e. The number of halogens is 3. The summed E-state index contributed by atoms with van der Waals surface area (Å²) in [4.78, 5) is 39.8. The fourth-order valence-electron chi connectivity index (χ4n) is 5.12. The molecule has 1 aliphatic heterocycles. The van der Waals surface area contributed by atoms with Crippen LogP contribution in [0.1, 0.15) is 32.1 Å². The highest BCUT2D eigenvalue weighted by Crippen LogP contribution is 2.60. The lowest BCUT2D eigenvalue weighted by molar-refractivity contribution is -0.140. The number of benzene rings is 1. The lowest BCUT2D eigenvalue weighted by Crippen LogP contribution is -2.37. The van der Waals surface area contributed by atoms with Gasteiger partial charge in [0.15, 0.2) is 0 Å².